The van der Waals surface area contributed by atoms with Crippen molar-refractivity contribution in [2.24, 2.45) is 0 Å². The molecule has 110 valence electrons. The molecule has 3 rings (SSSR count). The molecular formula is C16H11FN2O3. The van der Waals surface area contributed by atoms with Crippen LogP contribution in [0.25, 0.3) is 11.3 Å². The van der Waals surface area contributed by atoms with E-state index in [0.29, 0.717) is 11.3 Å². The van der Waals surface area contributed by atoms with Crippen LogP contribution in [0.1, 0.15) is 10.6 Å². The minimum absolute atomic E-state index is 0.0484. The van der Waals surface area contributed by atoms with Gasteiger partial charge in [0, 0.05) is 11.8 Å². The number of benzene rings is 1. The van der Waals surface area contributed by atoms with Gasteiger partial charge in [-0.25, -0.2) is 9.37 Å². The van der Waals surface area contributed by atoms with Gasteiger partial charge in [0.25, 0.3) is 5.91 Å². The van der Waals surface area contributed by atoms with E-state index >= 15 is 0 Å². The van der Waals surface area contributed by atoms with E-state index in [1.807, 2.05) is 0 Å². The number of furan rings is 1. The van der Waals surface area contributed by atoms with Crippen molar-refractivity contribution in [2.75, 3.05) is 5.32 Å². The Balaban J connectivity index is 1.80. The Labute approximate surface area is 125 Å². The van der Waals surface area contributed by atoms with E-state index < -0.39 is 5.91 Å². The predicted octanol–water partition coefficient (Wildman–Crippen LogP) is 3.44. The summed E-state index contributed by atoms with van der Waals surface area (Å²) in [7, 11) is 0. The largest absolute Gasteiger partial charge is 0.504 e. The van der Waals surface area contributed by atoms with Crippen LogP contribution in [0.2, 0.25) is 0 Å². The van der Waals surface area contributed by atoms with Crippen LogP contribution in [0.15, 0.2) is 59.1 Å². The maximum absolute atomic E-state index is 12.9. The Morgan fingerprint density at radius 3 is 2.64 bits per heavy atom. The van der Waals surface area contributed by atoms with Gasteiger partial charge in [-0.2, -0.15) is 0 Å². The molecule has 0 fully saturated rings. The van der Waals surface area contributed by atoms with Gasteiger partial charge in [-0.1, -0.05) is 0 Å². The number of aromatic hydroxyl groups is 1. The van der Waals surface area contributed by atoms with Crippen LogP contribution < -0.4 is 5.32 Å². The lowest BCUT2D eigenvalue weighted by Gasteiger charge is -2.03. The van der Waals surface area contributed by atoms with Crippen LogP contribution >= 0.6 is 0 Å². The molecule has 2 aromatic heterocycles. The van der Waals surface area contributed by atoms with Gasteiger partial charge in [-0.05, 0) is 48.5 Å². The van der Waals surface area contributed by atoms with Gasteiger partial charge < -0.3 is 14.8 Å². The second-order valence-corrected chi connectivity index (χ2v) is 4.50. The monoisotopic (exact) mass is 298 g/mol. The van der Waals surface area contributed by atoms with Gasteiger partial charge in [0.1, 0.15) is 11.6 Å². The highest BCUT2D eigenvalue weighted by Gasteiger charge is 2.14. The molecular weight excluding hydrogens is 287 g/mol. The Hall–Kier alpha value is -3.15. The molecule has 2 N–H and O–H groups in total. The lowest BCUT2D eigenvalue weighted by atomic mass is 10.2. The third kappa shape index (κ3) is 2.80. The van der Waals surface area contributed by atoms with E-state index in [9.17, 15) is 14.3 Å². The van der Waals surface area contributed by atoms with Crippen molar-refractivity contribution in [2.45, 2.75) is 0 Å². The van der Waals surface area contributed by atoms with E-state index in [1.54, 1.807) is 24.3 Å². The Morgan fingerprint density at radius 1 is 1.14 bits per heavy atom. The number of hydrogen-bond acceptors (Lipinski definition) is 4. The zero-order valence-electron chi connectivity index (χ0n) is 11.3. The molecule has 0 aliphatic rings. The van der Waals surface area contributed by atoms with Crippen LogP contribution in [0, 0.1) is 5.82 Å². The molecule has 0 radical (unpaired) electrons. The zero-order chi connectivity index (χ0) is 15.5. The second kappa shape index (κ2) is 5.69. The number of amides is 1. The van der Waals surface area contributed by atoms with Gasteiger partial charge in [0.05, 0.1) is 0 Å². The summed E-state index contributed by atoms with van der Waals surface area (Å²) in [6, 6.07) is 11.8. The van der Waals surface area contributed by atoms with Crippen LogP contribution in [0.4, 0.5) is 10.2 Å². The molecule has 1 aromatic carbocycles. The number of pyridine rings is 1. The molecule has 0 spiro atoms. The van der Waals surface area contributed by atoms with Gasteiger partial charge in [0.15, 0.2) is 17.3 Å². The summed E-state index contributed by atoms with van der Waals surface area (Å²) in [6.07, 6.45) is 1.45. The molecule has 0 saturated carbocycles. The summed E-state index contributed by atoms with van der Waals surface area (Å²) in [6.45, 7) is 0. The van der Waals surface area contributed by atoms with Crippen molar-refractivity contribution in [3.05, 3.63) is 66.3 Å². The number of hydrogen-bond donors (Lipinski definition) is 2. The van der Waals surface area contributed by atoms with Crippen molar-refractivity contribution < 1.29 is 18.7 Å². The first-order valence-electron chi connectivity index (χ1n) is 6.44. The lowest BCUT2D eigenvalue weighted by molar-refractivity contribution is 0.0996. The molecule has 3 aromatic rings. The van der Waals surface area contributed by atoms with Gasteiger partial charge in [-0.3, -0.25) is 4.79 Å². The number of carbonyl (C=O) groups excluding carboxylic acids is 1. The van der Waals surface area contributed by atoms with Gasteiger partial charge in [0.2, 0.25) is 0 Å². The zero-order valence-corrected chi connectivity index (χ0v) is 11.3. The molecule has 0 unspecified atom stereocenters. The van der Waals surface area contributed by atoms with E-state index in [1.165, 1.54) is 30.5 Å². The third-order valence-corrected chi connectivity index (χ3v) is 2.98. The summed E-state index contributed by atoms with van der Waals surface area (Å²) in [4.78, 5) is 15.9. The van der Waals surface area contributed by atoms with Crippen molar-refractivity contribution in [1.29, 1.82) is 0 Å². The number of rotatable bonds is 3. The topological polar surface area (TPSA) is 75.4 Å². The van der Waals surface area contributed by atoms with Crippen LogP contribution in [0.3, 0.4) is 0 Å². The standard InChI is InChI=1S/C16H11FN2O3/c17-11-5-3-10(4-6-11)13-7-8-14(22-13)16(21)19-15-12(20)2-1-9-18-15/h1-9,20H,(H,18,19,21). The van der Waals surface area contributed by atoms with E-state index in [2.05, 4.69) is 10.3 Å². The Morgan fingerprint density at radius 2 is 1.91 bits per heavy atom. The average Bonchev–Trinajstić information content (AvgIpc) is 3.00. The van der Waals surface area contributed by atoms with Gasteiger partial charge in [-0.15, -0.1) is 0 Å². The summed E-state index contributed by atoms with van der Waals surface area (Å²) in [5.41, 5.74) is 0.654. The minimum atomic E-state index is -0.539. The number of nitrogens with one attached hydrogen (secondary N) is 1. The molecule has 0 bridgehead atoms. The number of halogens is 1. The smallest absolute Gasteiger partial charge is 0.292 e. The van der Waals surface area contributed by atoms with Crippen molar-refractivity contribution in [3.8, 4) is 17.1 Å². The fraction of sp³-hybridized carbons (Fsp3) is 0. The molecule has 0 atom stereocenters. The quantitative estimate of drug-likeness (QED) is 0.776. The molecule has 0 aliphatic carbocycles. The number of anilines is 1. The highest BCUT2D eigenvalue weighted by atomic mass is 19.1. The molecule has 5 nitrogen and oxygen atoms in total. The summed E-state index contributed by atoms with van der Waals surface area (Å²) in [5, 5.41) is 12.0. The maximum Gasteiger partial charge on any atom is 0.292 e. The second-order valence-electron chi connectivity index (χ2n) is 4.50. The van der Waals surface area contributed by atoms with Crippen molar-refractivity contribution in [1.82, 2.24) is 4.98 Å². The summed E-state index contributed by atoms with van der Waals surface area (Å²) < 4.78 is 18.3. The van der Waals surface area contributed by atoms with E-state index in [-0.39, 0.29) is 23.1 Å². The first-order chi connectivity index (χ1) is 10.6. The number of carbonyl (C=O) groups is 1. The van der Waals surface area contributed by atoms with Crippen LogP contribution in [0.5, 0.6) is 5.75 Å². The Kier molecular flexibility index (Phi) is 3.57. The number of nitrogens with zero attached hydrogens (tertiary/aromatic N) is 1. The van der Waals surface area contributed by atoms with Crippen molar-refractivity contribution >= 4 is 11.7 Å². The normalized spacial score (nSPS) is 10.4. The van der Waals surface area contributed by atoms with E-state index in [4.69, 9.17) is 4.42 Å². The number of aromatic nitrogens is 1. The fourth-order valence-electron chi connectivity index (χ4n) is 1.89. The molecule has 0 saturated heterocycles. The molecule has 6 heteroatoms. The molecule has 22 heavy (non-hydrogen) atoms. The third-order valence-electron chi connectivity index (χ3n) is 2.98. The fourth-order valence-corrected chi connectivity index (χ4v) is 1.89. The van der Waals surface area contributed by atoms with Crippen LogP contribution in [-0.2, 0) is 0 Å². The highest BCUT2D eigenvalue weighted by Crippen LogP contribution is 2.24. The average molecular weight is 298 g/mol. The minimum Gasteiger partial charge on any atom is -0.504 e. The molecule has 2 heterocycles. The first-order valence-corrected chi connectivity index (χ1v) is 6.44. The SMILES string of the molecule is O=C(Nc1ncccc1O)c1ccc(-c2ccc(F)cc2)o1. The highest BCUT2D eigenvalue weighted by molar-refractivity contribution is 6.02. The Bertz CT molecular complexity index is 812. The van der Waals surface area contributed by atoms with Crippen LogP contribution in [-0.4, -0.2) is 16.0 Å². The predicted molar refractivity (Wildman–Crippen MR) is 78.0 cm³/mol. The lowest BCUT2D eigenvalue weighted by Crippen LogP contribution is -2.11. The van der Waals surface area contributed by atoms with Crippen molar-refractivity contribution in [3.63, 3.8) is 0 Å². The van der Waals surface area contributed by atoms with Gasteiger partial charge >= 0.3 is 0 Å². The summed E-state index contributed by atoms with van der Waals surface area (Å²) in [5.74, 6) is -0.477. The summed E-state index contributed by atoms with van der Waals surface area (Å²) >= 11 is 0. The molecule has 0 aliphatic heterocycles. The first kappa shape index (κ1) is 13.8. The van der Waals surface area contributed by atoms with E-state index in [0.717, 1.165) is 0 Å². The maximum atomic E-state index is 12.9. The molecule has 1 amide bonds.